The normalized spacial score (nSPS) is 13.0. The molecule has 6 nitrogen and oxygen atoms in total. The zero-order valence-electron chi connectivity index (χ0n) is 15.5. The Labute approximate surface area is 163 Å². The molecule has 2 aromatic heterocycles. The number of aryl methyl sites for hydroxylation is 1. The zero-order valence-corrected chi connectivity index (χ0v) is 15.5. The lowest BCUT2D eigenvalue weighted by atomic mass is 10.1. The number of anilines is 2. The van der Waals surface area contributed by atoms with Gasteiger partial charge in [-0.25, -0.2) is 4.98 Å². The summed E-state index contributed by atoms with van der Waals surface area (Å²) < 4.78 is 0. The second kappa shape index (κ2) is 7.60. The number of aromatic nitrogens is 2. The molecule has 4 rings (SSSR count). The molecule has 6 heteroatoms. The lowest BCUT2D eigenvalue weighted by Crippen LogP contribution is -2.16. The maximum absolute atomic E-state index is 12.6. The molecular weight excluding hydrogens is 352 g/mol. The molecule has 2 N–H and O–H groups in total. The molecule has 0 spiro atoms. The molecule has 0 bridgehead atoms. The molecule has 1 aliphatic carbocycles. The molecule has 0 atom stereocenters. The van der Waals surface area contributed by atoms with Crippen LogP contribution in [0.5, 0.6) is 0 Å². The summed E-state index contributed by atoms with van der Waals surface area (Å²) in [7, 11) is 0. The average molecular weight is 372 g/mol. The Bertz CT molecular complexity index is 1040. The van der Waals surface area contributed by atoms with Crippen molar-refractivity contribution >= 4 is 23.3 Å². The summed E-state index contributed by atoms with van der Waals surface area (Å²) in [6.45, 7) is 2.03. The van der Waals surface area contributed by atoms with E-state index in [0.29, 0.717) is 17.1 Å². The van der Waals surface area contributed by atoms with E-state index in [0.717, 1.165) is 29.5 Å². The highest BCUT2D eigenvalue weighted by Gasteiger charge is 2.29. The minimum atomic E-state index is -0.285. The smallest absolute Gasteiger partial charge is 0.255 e. The maximum Gasteiger partial charge on any atom is 0.255 e. The van der Waals surface area contributed by atoms with Crippen molar-refractivity contribution in [3.63, 3.8) is 0 Å². The standard InChI is InChI=1S/C22H20N4O2/c1-14-3-2-4-16(9-14)18-10-19(13-23-12-18)25-22(28)17-7-8-24-20(11-17)26-21(27)15-5-6-15/h2-4,7-13,15H,5-6H2,1H3,(H,25,28)(H,24,26,27). The first-order valence-electron chi connectivity index (χ1n) is 9.19. The van der Waals surface area contributed by atoms with Crippen LogP contribution in [0.3, 0.4) is 0 Å². The monoisotopic (exact) mass is 372 g/mol. The third-order valence-corrected chi connectivity index (χ3v) is 4.57. The lowest BCUT2D eigenvalue weighted by molar-refractivity contribution is -0.117. The Balaban J connectivity index is 1.49. The fourth-order valence-corrected chi connectivity index (χ4v) is 2.91. The van der Waals surface area contributed by atoms with Gasteiger partial charge in [0.05, 0.1) is 11.9 Å². The zero-order chi connectivity index (χ0) is 19.5. The summed E-state index contributed by atoms with van der Waals surface area (Å²) >= 11 is 0. The van der Waals surface area contributed by atoms with Crippen LogP contribution in [0.4, 0.5) is 11.5 Å². The van der Waals surface area contributed by atoms with E-state index >= 15 is 0 Å². The van der Waals surface area contributed by atoms with Crippen LogP contribution in [-0.4, -0.2) is 21.8 Å². The van der Waals surface area contributed by atoms with Crippen molar-refractivity contribution in [2.45, 2.75) is 19.8 Å². The van der Waals surface area contributed by atoms with Crippen LogP contribution in [0.2, 0.25) is 0 Å². The quantitative estimate of drug-likeness (QED) is 0.708. The lowest BCUT2D eigenvalue weighted by Gasteiger charge is -2.09. The van der Waals surface area contributed by atoms with Crippen molar-refractivity contribution in [1.82, 2.24) is 9.97 Å². The minimum Gasteiger partial charge on any atom is -0.321 e. The number of rotatable bonds is 5. The van der Waals surface area contributed by atoms with E-state index < -0.39 is 0 Å². The van der Waals surface area contributed by atoms with Crippen molar-refractivity contribution in [3.05, 3.63) is 72.2 Å². The van der Waals surface area contributed by atoms with Crippen molar-refractivity contribution in [3.8, 4) is 11.1 Å². The van der Waals surface area contributed by atoms with Crippen LogP contribution in [0, 0.1) is 12.8 Å². The second-order valence-electron chi connectivity index (χ2n) is 6.98. The van der Waals surface area contributed by atoms with E-state index in [1.54, 1.807) is 24.5 Å². The summed E-state index contributed by atoms with van der Waals surface area (Å²) in [5, 5.41) is 5.61. The van der Waals surface area contributed by atoms with E-state index in [-0.39, 0.29) is 17.7 Å². The highest BCUT2D eigenvalue weighted by atomic mass is 16.2. The predicted octanol–water partition coefficient (Wildman–Crippen LogP) is 4.05. The number of amides is 2. The molecule has 1 aromatic carbocycles. The van der Waals surface area contributed by atoms with Crippen LogP contribution < -0.4 is 10.6 Å². The van der Waals surface area contributed by atoms with Crippen LogP contribution in [0.25, 0.3) is 11.1 Å². The molecule has 140 valence electrons. The molecule has 0 saturated heterocycles. The van der Waals surface area contributed by atoms with Crippen molar-refractivity contribution < 1.29 is 9.59 Å². The number of carbonyl (C=O) groups excluding carboxylic acids is 2. The average Bonchev–Trinajstić information content (AvgIpc) is 3.54. The van der Waals surface area contributed by atoms with Crippen LogP contribution in [0.1, 0.15) is 28.8 Å². The summed E-state index contributed by atoms with van der Waals surface area (Å²) in [4.78, 5) is 32.9. The molecule has 2 heterocycles. The summed E-state index contributed by atoms with van der Waals surface area (Å²) in [5.74, 6) is 0.138. The Hall–Kier alpha value is -3.54. The number of nitrogens with one attached hydrogen (secondary N) is 2. The molecule has 0 unspecified atom stereocenters. The Morgan fingerprint density at radius 2 is 1.86 bits per heavy atom. The van der Waals surface area contributed by atoms with Gasteiger partial charge in [0.1, 0.15) is 5.82 Å². The van der Waals surface area contributed by atoms with Crippen molar-refractivity contribution in [2.24, 2.45) is 5.92 Å². The van der Waals surface area contributed by atoms with Gasteiger partial charge in [-0.05, 0) is 43.5 Å². The molecule has 0 radical (unpaired) electrons. The predicted molar refractivity (Wildman–Crippen MR) is 108 cm³/mol. The summed E-state index contributed by atoms with van der Waals surface area (Å²) in [6, 6.07) is 13.2. The molecule has 1 saturated carbocycles. The molecule has 2 amide bonds. The first-order chi connectivity index (χ1) is 13.6. The topological polar surface area (TPSA) is 84.0 Å². The van der Waals surface area contributed by atoms with E-state index in [1.807, 2.05) is 31.2 Å². The number of pyridine rings is 2. The highest BCUT2D eigenvalue weighted by Crippen LogP contribution is 2.30. The Morgan fingerprint density at radius 3 is 2.64 bits per heavy atom. The SMILES string of the molecule is Cc1cccc(-c2cncc(NC(=O)c3ccnc(NC(=O)C4CC4)c3)c2)c1. The molecule has 0 aliphatic heterocycles. The van der Waals surface area contributed by atoms with Gasteiger partial charge < -0.3 is 10.6 Å². The van der Waals surface area contributed by atoms with Crippen LogP contribution in [0.15, 0.2) is 61.1 Å². The van der Waals surface area contributed by atoms with Gasteiger partial charge in [0.25, 0.3) is 5.91 Å². The Kier molecular flexibility index (Phi) is 4.85. The number of hydrogen-bond acceptors (Lipinski definition) is 4. The number of carbonyl (C=O) groups is 2. The number of benzene rings is 1. The van der Waals surface area contributed by atoms with Gasteiger partial charge in [-0.2, -0.15) is 0 Å². The van der Waals surface area contributed by atoms with Crippen LogP contribution >= 0.6 is 0 Å². The molecule has 1 fully saturated rings. The van der Waals surface area contributed by atoms with E-state index in [2.05, 4.69) is 26.7 Å². The van der Waals surface area contributed by atoms with E-state index in [4.69, 9.17) is 0 Å². The van der Waals surface area contributed by atoms with Crippen molar-refractivity contribution in [1.29, 1.82) is 0 Å². The van der Waals surface area contributed by atoms with Crippen molar-refractivity contribution in [2.75, 3.05) is 10.6 Å². The van der Waals surface area contributed by atoms with Gasteiger partial charge in [-0.3, -0.25) is 14.6 Å². The fraction of sp³-hybridized carbons (Fsp3) is 0.182. The number of nitrogens with zero attached hydrogens (tertiary/aromatic N) is 2. The molecule has 28 heavy (non-hydrogen) atoms. The van der Waals surface area contributed by atoms with E-state index in [9.17, 15) is 9.59 Å². The Morgan fingerprint density at radius 1 is 1.00 bits per heavy atom. The van der Waals surface area contributed by atoms with Gasteiger partial charge in [0.2, 0.25) is 5.91 Å². The largest absolute Gasteiger partial charge is 0.321 e. The first-order valence-corrected chi connectivity index (χ1v) is 9.19. The molecular formula is C22H20N4O2. The van der Waals surface area contributed by atoms with Gasteiger partial charge >= 0.3 is 0 Å². The fourth-order valence-electron chi connectivity index (χ4n) is 2.91. The maximum atomic E-state index is 12.6. The summed E-state index contributed by atoms with van der Waals surface area (Å²) in [6.07, 6.45) is 6.71. The van der Waals surface area contributed by atoms with Gasteiger partial charge in [0, 0.05) is 29.4 Å². The molecule has 3 aromatic rings. The van der Waals surface area contributed by atoms with Gasteiger partial charge in [-0.15, -0.1) is 0 Å². The summed E-state index contributed by atoms with van der Waals surface area (Å²) in [5.41, 5.74) is 4.14. The van der Waals surface area contributed by atoms with Gasteiger partial charge in [-0.1, -0.05) is 29.8 Å². The van der Waals surface area contributed by atoms with Crippen LogP contribution in [-0.2, 0) is 4.79 Å². The minimum absolute atomic E-state index is 0.0416. The van der Waals surface area contributed by atoms with Gasteiger partial charge in [0.15, 0.2) is 0 Å². The molecule has 1 aliphatic rings. The third-order valence-electron chi connectivity index (χ3n) is 4.57. The van der Waals surface area contributed by atoms with E-state index in [1.165, 1.54) is 6.20 Å². The highest BCUT2D eigenvalue weighted by molar-refractivity contribution is 6.05. The first kappa shape index (κ1) is 17.9. The number of hydrogen-bond donors (Lipinski definition) is 2. The third kappa shape index (κ3) is 4.23. The second-order valence-corrected chi connectivity index (χ2v) is 6.98.